The number of phenols is 1. The number of phenolic OH excluding ortho intramolecular Hbond substituents is 1. The van der Waals surface area contributed by atoms with E-state index in [4.69, 9.17) is 16.3 Å². The van der Waals surface area contributed by atoms with Gasteiger partial charge in [0.2, 0.25) is 0 Å². The molecule has 0 aromatic heterocycles. The van der Waals surface area contributed by atoms with Gasteiger partial charge in [-0.1, -0.05) is 11.6 Å². The highest BCUT2D eigenvalue weighted by molar-refractivity contribution is 7.91. The summed E-state index contributed by atoms with van der Waals surface area (Å²) in [5.74, 6) is 0.698. The van der Waals surface area contributed by atoms with E-state index in [1.54, 1.807) is 12.1 Å². The highest BCUT2D eigenvalue weighted by Gasteiger charge is 2.22. The van der Waals surface area contributed by atoms with Gasteiger partial charge in [-0.15, -0.1) is 0 Å². The zero-order valence-corrected chi connectivity index (χ0v) is 12.2. The molecular weight excluding hydrogens is 290 g/mol. The van der Waals surface area contributed by atoms with Gasteiger partial charge >= 0.3 is 0 Å². The Morgan fingerprint density at radius 1 is 1.37 bits per heavy atom. The van der Waals surface area contributed by atoms with Gasteiger partial charge in [-0.25, -0.2) is 8.42 Å². The Balaban J connectivity index is 2.14. The molecule has 0 aliphatic carbocycles. The van der Waals surface area contributed by atoms with Gasteiger partial charge in [0.1, 0.15) is 0 Å². The fourth-order valence-corrected chi connectivity index (χ4v) is 3.56. The average molecular weight is 306 g/mol. The van der Waals surface area contributed by atoms with Crippen molar-refractivity contribution in [3.05, 3.63) is 22.7 Å². The molecule has 106 valence electrons. The molecule has 0 atom stereocenters. The first kappa shape index (κ1) is 14.4. The third kappa shape index (κ3) is 3.52. The van der Waals surface area contributed by atoms with Gasteiger partial charge in [0.05, 0.1) is 18.6 Å². The largest absolute Gasteiger partial charge is 0.504 e. The van der Waals surface area contributed by atoms with Gasteiger partial charge in [-0.2, -0.15) is 0 Å². The second-order valence-corrected chi connectivity index (χ2v) is 7.28. The topological polar surface area (TPSA) is 66.8 Å². The van der Waals surface area contributed by atoms with Crippen LogP contribution in [-0.4, -0.2) is 50.1 Å². The third-order valence-corrected chi connectivity index (χ3v) is 5.00. The van der Waals surface area contributed by atoms with Crippen molar-refractivity contribution in [1.29, 1.82) is 0 Å². The van der Waals surface area contributed by atoms with Gasteiger partial charge in [0.15, 0.2) is 21.3 Å². The van der Waals surface area contributed by atoms with E-state index >= 15 is 0 Å². The van der Waals surface area contributed by atoms with Crippen molar-refractivity contribution in [2.24, 2.45) is 0 Å². The number of aromatic hydroxyl groups is 1. The molecule has 7 heteroatoms. The van der Waals surface area contributed by atoms with Gasteiger partial charge < -0.3 is 9.84 Å². The minimum absolute atomic E-state index is 0.0559. The van der Waals surface area contributed by atoms with Gasteiger partial charge in [0.25, 0.3) is 0 Å². The second-order valence-electron chi connectivity index (χ2n) is 4.54. The summed E-state index contributed by atoms with van der Waals surface area (Å²) in [4.78, 5) is 1.98. The Bertz CT molecular complexity index is 559. The number of sulfone groups is 1. The predicted octanol–water partition coefficient (Wildman–Crippen LogP) is 1.28. The second kappa shape index (κ2) is 5.56. The van der Waals surface area contributed by atoms with E-state index in [1.165, 1.54) is 7.11 Å². The van der Waals surface area contributed by atoms with Crippen molar-refractivity contribution in [3.63, 3.8) is 0 Å². The number of nitrogens with zero attached hydrogens (tertiary/aromatic N) is 1. The molecule has 2 rings (SSSR count). The Labute approximate surface area is 117 Å². The lowest BCUT2D eigenvalue weighted by Gasteiger charge is -2.27. The van der Waals surface area contributed by atoms with E-state index in [0.717, 1.165) is 0 Å². The van der Waals surface area contributed by atoms with Crippen molar-refractivity contribution in [3.8, 4) is 11.5 Å². The average Bonchev–Trinajstić information content (AvgIpc) is 2.35. The van der Waals surface area contributed by atoms with Crippen LogP contribution in [0.1, 0.15) is 5.56 Å². The molecule has 5 nitrogen and oxygen atoms in total. The number of ether oxygens (including phenoxy) is 1. The lowest BCUT2D eigenvalue weighted by molar-refractivity contribution is 0.280. The van der Waals surface area contributed by atoms with Crippen LogP contribution < -0.4 is 4.74 Å². The standard InChI is InChI=1S/C12H16ClNO4S/c1-18-11-7-10(13)6-9(12(11)15)8-14-2-4-19(16,17)5-3-14/h6-7,15H,2-5,8H2,1H3. The Kier molecular flexibility index (Phi) is 4.23. The molecule has 1 aromatic carbocycles. The highest BCUT2D eigenvalue weighted by atomic mass is 35.5. The first-order valence-corrected chi connectivity index (χ1v) is 8.09. The van der Waals surface area contributed by atoms with Crippen LogP contribution in [0.3, 0.4) is 0 Å². The van der Waals surface area contributed by atoms with Gasteiger partial charge in [-0.05, 0) is 6.07 Å². The summed E-state index contributed by atoms with van der Waals surface area (Å²) in [5.41, 5.74) is 0.642. The molecule has 1 aliphatic heterocycles. The fourth-order valence-electron chi connectivity index (χ4n) is 2.05. The number of halogens is 1. The minimum atomic E-state index is -2.89. The lowest BCUT2D eigenvalue weighted by atomic mass is 10.1. The van der Waals surface area contributed by atoms with E-state index in [1.807, 2.05) is 4.90 Å². The van der Waals surface area contributed by atoms with E-state index in [9.17, 15) is 13.5 Å². The van der Waals surface area contributed by atoms with Gasteiger partial charge in [0, 0.05) is 36.3 Å². The summed E-state index contributed by atoms with van der Waals surface area (Å²) >= 11 is 5.96. The molecule has 0 spiro atoms. The summed E-state index contributed by atoms with van der Waals surface area (Å²) in [6.07, 6.45) is 0. The number of benzene rings is 1. The molecule has 1 aromatic rings. The van der Waals surface area contributed by atoms with E-state index in [-0.39, 0.29) is 17.3 Å². The SMILES string of the molecule is COc1cc(Cl)cc(CN2CCS(=O)(=O)CC2)c1O. The van der Waals surface area contributed by atoms with Crippen LogP contribution >= 0.6 is 11.6 Å². The number of hydrogen-bond acceptors (Lipinski definition) is 5. The van der Waals surface area contributed by atoms with Crippen LogP contribution in [0.2, 0.25) is 5.02 Å². The smallest absolute Gasteiger partial charge is 0.162 e. The van der Waals surface area contributed by atoms with Crippen LogP contribution in [0.25, 0.3) is 0 Å². The molecule has 0 unspecified atom stereocenters. The summed E-state index contributed by atoms with van der Waals surface area (Å²) < 4.78 is 27.7. The first-order valence-electron chi connectivity index (χ1n) is 5.89. The fraction of sp³-hybridized carbons (Fsp3) is 0.500. The number of rotatable bonds is 3. The molecule has 1 saturated heterocycles. The molecule has 1 aliphatic rings. The molecule has 0 amide bonds. The molecule has 0 radical (unpaired) electrons. The molecule has 0 bridgehead atoms. The summed E-state index contributed by atoms with van der Waals surface area (Å²) in [5, 5.41) is 10.5. The van der Waals surface area contributed by atoms with Crippen molar-refractivity contribution >= 4 is 21.4 Å². The van der Waals surface area contributed by atoms with Crippen molar-refractivity contribution in [2.45, 2.75) is 6.54 Å². The quantitative estimate of drug-likeness (QED) is 0.911. The lowest BCUT2D eigenvalue weighted by Crippen LogP contribution is -2.39. The van der Waals surface area contributed by atoms with E-state index < -0.39 is 9.84 Å². The maximum atomic E-state index is 11.4. The van der Waals surface area contributed by atoms with E-state index in [0.29, 0.717) is 36.0 Å². The summed E-state index contributed by atoms with van der Waals surface area (Å²) in [7, 11) is -1.43. The normalized spacial score (nSPS) is 19.3. The maximum absolute atomic E-state index is 11.4. The molecular formula is C12H16ClNO4S. The zero-order chi connectivity index (χ0) is 14.0. The predicted molar refractivity (Wildman–Crippen MR) is 73.6 cm³/mol. The van der Waals surface area contributed by atoms with Crippen LogP contribution in [0.15, 0.2) is 12.1 Å². The molecule has 0 saturated carbocycles. The van der Waals surface area contributed by atoms with Crippen LogP contribution in [-0.2, 0) is 16.4 Å². The van der Waals surface area contributed by atoms with Crippen molar-refractivity contribution in [1.82, 2.24) is 4.90 Å². The number of methoxy groups -OCH3 is 1. The Morgan fingerprint density at radius 3 is 2.58 bits per heavy atom. The van der Waals surface area contributed by atoms with Gasteiger partial charge in [-0.3, -0.25) is 4.90 Å². The summed E-state index contributed by atoms with van der Waals surface area (Å²) in [6, 6.07) is 3.21. The Hall–Kier alpha value is -0.980. The van der Waals surface area contributed by atoms with E-state index in [2.05, 4.69) is 0 Å². The summed E-state index contributed by atoms with van der Waals surface area (Å²) in [6.45, 7) is 1.39. The number of hydrogen-bond donors (Lipinski definition) is 1. The monoisotopic (exact) mass is 305 g/mol. The first-order chi connectivity index (χ1) is 8.91. The van der Waals surface area contributed by atoms with Crippen molar-refractivity contribution in [2.75, 3.05) is 31.7 Å². The van der Waals surface area contributed by atoms with Crippen LogP contribution in [0.5, 0.6) is 11.5 Å². The van der Waals surface area contributed by atoms with Crippen molar-refractivity contribution < 1.29 is 18.3 Å². The third-order valence-electron chi connectivity index (χ3n) is 3.17. The van der Waals surface area contributed by atoms with Crippen LogP contribution in [0, 0.1) is 0 Å². The molecule has 1 fully saturated rings. The maximum Gasteiger partial charge on any atom is 0.162 e. The molecule has 19 heavy (non-hydrogen) atoms. The minimum Gasteiger partial charge on any atom is -0.504 e. The van der Waals surface area contributed by atoms with Crippen LogP contribution in [0.4, 0.5) is 0 Å². The highest BCUT2D eigenvalue weighted by Crippen LogP contribution is 2.34. The zero-order valence-electron chi connectivity index (χ0n) is 10.6. The molecule has 1 N–H and O–H groups in total. The molecule has 1 heterocycles. The Morgan fingerprint density at radius 2 is 2.00 bits per heavy atom.